The molecule has 1 aromatic carbocycles. The van der Waals surface area contributed by atoms with Crippen LogP contribution in [0.15, 0.2) is 18.2 Å². The number of nitrogens with zero attached hydrogens (tertiary/aromatic N) is 3. The van der Waals surface area contributed by atoms with Crippen molar-refractivity contribution in [3.05, 3.63) is 29.3 Å². The Morgan fingerprint density at radius 3 is 2.65 bits per heavy atom. The molecule has 2 rings (SSSR count). The topological polar surface area (TPSA) is 67.6 Å². The Kier molecular flexibility index (Phi) is 4.72. The van der Waals surface area contributed by atoms with Crippen LogP contribution in [0.3, 0.4) is 0 Å². The van der Waals surface area contributed by atoms with Gasteiger partial charge in [0.15, 0.2) is 0 Å². The number of piperazine rings is 1. The third-order valence-electron chi connectivity index (χ3n) is 3.67. The lowest BCUT2D eigenvalue weighted by Crippen LogP contribution is -2.48. The van der Waals surface area contributed by atoms with Crippen molar-refractivity contribution in [2.75, 3.05) is 37.6 Å². The van der Waals surface area contributed by atoms with Crippen molar-refractivity contribution >= 4 is 12.0 Å². The number of rotatable bonds is 4. The molecule has 1 atom stereocenters. The average Bonchev–Trinajstić information content (AvgIpc) is 2.47. The van der Waals surface area contributed by atoms with Crippen LogP contribution in [-0.2, 0) is 4.79 Å². The number of carbonyl (C=O) groups excluding carboxylic acids is 1. The van der Waals surface area contributed by atoms with Crippen molar-refractivity contribution < 1.29 is 9.90 Å². The predicted octanol–water partition coefficient (Wildman–Crippen LogP) is 0.548. The van der Waals surface area contributed by atoms with Crippen molar-refractivity contribution in [3.63, 3.8) is 0 Å². The number of aliphatic hydroxyl groups excluding tert-OH is 1. The lowest BCUT2D eigenvalue weighted by atomic mass is 10.1. The third kappa shape index (κ3) is 3.35. The molecule has 1 unspecified atom stereocenters. The highest BCUT2D eigenvalue weighted by atomic mass is 16.3. The lowest BCUT2D eigenvalue weighted by molar-refractivity contribution is -0.115. The van der Waals surface area contributed by atoms with E-state index in [1.165, 1.54) is 0 Å². The summed E-state index contributed by atoms with van der Waals surface area (Å²) in [6.45, 7) is 5.71. The summed E-state index contributed by atoms with van der Waals surface area (Å²) < 4.78 is 0. The summed E-state index contributed by atoms with van der Waals surface area (Å²) in [5.74, 6) is 0. The smallest absolute Gasteiger partial charge is 0.149 e. The Balaban J connectivity index is 1.95. The number of anilines is 1. The van der Waals surface area contributed by atoms with E-state index in [0.717, 1.165) is 37.4 Å². The van der Waals surface area contributed by atoms with Gasteiger partial charge in [-0.1, -0.05) is 0 Å². The van der Waals surface area contributed by atoms with Crippen LogP contribution in [0.4, 0.5) is 5.69 Å². The summed E-state index contributed by atoms with van der Waals surface area (Å²) in [6.07, 6.45) is -0.310. The van der Waals surface area contributed by atoms with Gasteiger partial charge in [0.25, 0.3) is 0 Å². The molecule has 1 saturated heterocycles. The summed E-state index contributed by atoms with van der Waals surface area (Å²) >= 11 is 0. The van der Waals surface area contributed by atoms with Gasteiger partial charge in [-0.3, -0.25) is 4.90 Å². The van der Waals surface area contributed by atoms with E-state index in [2.05, 4.69) is 15.9 Å². The molecule has 20 heavy (non-hydrogen) atoms. The molecular formula is C15H19N3O2. The highest BCUT2D eigenvalue weighted by Crippen LogP contribution is 2.20. The molecule has 1 fully saturated rings. The molecule has 0 amide bonds. The van der Waals surface area contributed by atoms with Gasteiger partial charge >= 0.3 is 0 Å². The van der Waals surface area contributed by atoms with E-state index >= 15 is 0 Å². The van der Waals surface area contributed by atoms with Crippen LogP contribution in [0.2, 0.25) is 0 Å². The Hall–Kier alpha value is -1.90. The summed E-state index contributed by atoms with van der Waals surface area (Å²) in [5.41, 5.74) is 2.82. The summed E-state index contributed by atoms with van der Waals surface area (Å²) in [5, 5.41) is 18.3. The molecule has 5 nitrogen and oxygen atoms in total. The van der Waals surface area contributed by atoms with E-state index in [1.54, 1.807) is 0 Å². The van der Waals surface area contributed by atoms with Gasteiger partial charge in [-0.05, 0) is 30.7 Å². The SMILES string of the molecule is Cc1cc(N2CCN(CC(O)C=O)CC2)ccc1C#N. The van der Waals surface area contributed by atoms with E-state index in [0.29, 0.717) is 18.4 Å². The number of aldehydes is 1. The molecule has 0 aromatic heterocycles. The third-order valence-corrected chi connectivity index (χ3v) is 3.67. The fourth-order valence-corrected chi connectivity index (χ4v) is 2.47. The molecule has 5 heteroatoms. The van der Waals surface area contributed by atoms with E-state index in [-0.39, 0.29) is 0 Å². The Morgan fingerprint density at radius 1 is 1.40 bits per heavy atom. The molecule has 1 N–H and O–H groups in total. The van der Waals surface area contributed by atoms with Crippen LogP contribution in [0.1, 0.15) is 11.1 Å². The minimum absolute atomic E-state index is 0.406. The number of carbonyl (C=O) groups is 1. The number of benzene rings is 1. The first kappa shape index (κ1) is 14.5. The van der Waals surface area contributed by atoms with E-state index < -0.39 is 6.10 Å². The zero-order chi connectivity index (χ0) is 14.5. The van der Waals surface area contributed by atoms with Gasteiger partial charge in [0, 0.05) is 38.4 Å². The number of nitriles is 1. The fraction of sp³-hybridized carbons (Fsp3) is 0.467. The van der Waals surface area contributed by atoms with Crippen molar-refractivity contribution in [2.24, 2.45) is 0 Å². The molecular weight excluding hydrogens is 254 g/mol. The van der Waals surface area contributed by atoms with Crippen LogP contribution in [0.5, 0.6) is 0 Å². The van der Waals surface area contributed by atoms with Gasteiger partial charge < -0.3 is 14.8 Å². The molecule has 0 spiro atoms. The fourth-order valence-electron chi connectivity index (χ4n) is 2.47. The predicted molar refractivity (Wildman–Crippen MR) is 76.6 cm³/mol. The lowest BCUT2D eigenvalue weighted by Gasteiger charge is -2.36. The van der Waals surface area contributed by atoms with Crippen molar-refractivity contribution in [1.82, 2.24) is 4.90 Å². The molecule has 0 saturated carbocycles. The number of hydrogen-bond acceptors (Lipinski definition) is 5. The molecule has 1 aliphatic heterocycles. The van der Waals surface area contributed by atoms with Crippen LogP contribution >= 0.6 is 0 Å². The maximum absolute atomic E-state index is 10.4. The standard InChI is InChI=1S/C15H19N3O2/c1-12-8-14(3-2-13(12)9-16)18-6-4-17(5-7-18)10-15(20)11-19/h2-3,8,11,15,20H,4-7,10H2,1H3. The second-order valence-corrected chi connectivity index (χ2v) is 5.10. The number of β-amino-alcohol motifs (C(OH)–C–C–N with tert-alkyl or cyclic N) is 1. The normalized spacial score (nSPS) is 17.6. The van der Waals surface area contributed by atoms with E-state index in [4.69, 9.17) is 5.26 Å². The van der Waals surface area contributed by atoms with Gasteiger partial charge in [0.2, 0.25) is 0 Å². The molecule has 0 bridgehead atoms. The maximum Gasteiger partial charge on any atom is 0.149 e. The Morgan fingerprint density at radius 2 is 2.10 bits per heavy atom. The average molecular weight is 273 g/mol. The quantitative estimate of drug-likeness (QED) is 0.811. The molecule has 106 valence electrons. The number of aryl methyl sites for hydroxylation is 1. The summed E-state index contributed by atoms with van der Waals surface area (Å²) in [6, 6.07) is 8.04. The summed E-state index contributed by atoms with van der Waals surface area (Å²) in [4.78, 5) is 14.8. The monoisotopic (exact) mass is 273 g/mol. The maximum atomic E-state index is 10.4. The van der Waals surface area contributed by atoms with Gasteiger partial charge in [-0.15, -0.1) is 0 Å². The highest BCUT2D eigenvalue weighted by Gasteiger charge is 2.19. The van der Waals surface area contributed by atoms with E-state index in [1.807, 2.05) is 25.1 Å². The second-order valence-electron chi connectivity index (χ2n) is 5.10. The Bertz CT molecular complexity index is 516. The van der Waals surface area contributed by atoms with Crippen LogP contribution in [0, 0.1) is 18.3 Å². The highest BCUT2D eigenvalue weighted by molar-refractivity contribution is 5.56. The molecule has 1 heterocycles. The minimum atomic E-state index is -0.890. The van der Waals surface area contributed by atoms with Crippen LogP contribution < -0.4 is 4.90 Å². The van der Waals surface area contributed by atoms with E-state index in [9.17, 15) is 9.90 Å². The number of aliphatic hydroxyl groups is 1. The number of hydrogen-bond donors (Lipinski definition) is 1. The van der Waals surface area contributed by atoms with Crippen molar-refractivity contribution in [2.45, 2.75) is 13.0 Å². The molecule has 1 aliphatic rings. The van der Waals surface area contributed by atoms with Crippen LogP contribution in [-0.4, -0.2) is 55.1 Å². The minimum Gasteiger partial charge on any atom is -0.384 e. The first-order valence-electron chi connectivity index (χ1n) is 6.75. The zero-order valence-corrected chi connectivity index (χ0v) is 11.6. The first-order valence-corrected chi connectivity index (χ1v) is 6.75. The summed E-state index contributed by atoms with van der Waals surface area (Å²) in [7, 11) is 0. The van der Waals surface area contributed by atoms with Gasteiger partial charge in [0.05, 0.1) is 11.6 Å². The molecule has 0 aliphatic carbocycles. The van der Waals surface area contributed by atoms with Gasteiger partial charge in [-0.2, -0.15) is 5.26 Å². The second kappa shape index (κ2) is 6.51. The molecule has 1 aromatic rings. The Labute approximate surface area is 119 Å². The van der Waals surface area contributed by atoms with Crippen LogP contribution in [0.25, 0.3) is 0 Å². The largest absolute Gasteiger partial charge is 0.384 e. The van der Waals surface area contributed by atoms with Crippen molar-refractivity contribution in [3.8, 4) is 6.07 Å². The first-order chi connectivity index (χ1) is 9.63. The zero-order valence-electron chi connectivity index (χ0n) is 11.6. The van der Waals surface area contributed by atoms with Gasteiger partial charge in [0.1, 0.15) is 12.4 Å². The van der Waals surface area contributed by atoms with Crippen molar-refractivity contribution in [1.29, 1.82) is 5.26 Å². The van der Waals surface area contributed by atoms with Gasteiger partial charge in [-0.25, -0.2) is 0 Å². The molecule has 0 radical (unpaired) electrons.